The zero-order valence-electron chi connectivity index (χ0n) is 13.4. The molecule has 4 nitrogen and oxygen atoms in total. The Morgan fingerprint density at radius 3 is 2.36 bits per heavy atom. The van der Waals surface area contributed by atoms with E-state index >= 15 is 0 Å². The summed E-state index contributed by atoms with van der Waals surface area (Å²) >= 11 is 3.59. The highest BCUT2D eigenvalue weighted by Gasteiger charge is 2.43. The van der Waals surface area contributed by atoms with Crippen molar-refractivity contribution >= 4 is 21.9 Å². The highest BCUT2D eigenvalue weighted by Crippen LogP contribution is 2.48. The molecular formula is C17H23BrO4. The normalized spacial score (nSPS) is 17.1. The SMILES string of the molecule is CCc1c(C2(C(=O)O)CCCCC2)cc(OC)c(OC)c1Br. The highest BCUT2D eigenvalue weighted by atomic mass is 79.9. The van der Waals surface area contributed by atoms with Crippen LogP contribution in [0.1, 0.15) is 50.2 Å². The lowest BCUT2D eigenvalue weighted by Crippen LogP contribution is -2.38. The van der Waals surface area contributed by atoms with Crippen molar-refractivity contribution in [2.24, 2.45) is 0 Å². The van der Waals surface area contributed by atoms with Gasteiger partial charge < -0.3 is 14.6 Å². The molecular weight excluding hydrogens is 348 g/mol. The summed E-state index contributed by atoms with van der Waals surface area (Å²) in [4.78, 5) is 12.1. The maximum atomic E-state index is 12.1. The largest absolute Gasteiger partial charge is 0.493 e. The van der Waals surface area contributed by atoms with Crippen molar-refractivity contribution in [3.63, 3.8) is 0 Å². The molecule has 0 spiro atoms. The molecule has 5 heteroatoms. The first-order chi connectivity index (χ1) is 10.5. The van der Waals surface area contributed by atoms with E-state index in [0.717, 1.165) is 41.3 Å². The van der Waals surface area contributed by atoms with E-state index in [0.29, 0.717) is 24.3 Å². The Hall–Kier alpha value is -1.23. The molecule has 1 aromatic carbocycles. The Morgan fingerprint density at radius 2 is 1.91 bits per heavy atom. The van der Waals surface area contributed by atoms with Crippen LogP contribution < -0.4 is 9.47 Å². The zero-order valence-corrected chi connectivity index (χ0v) is 15.0. The minimum atomic E-state index is -0.814. The third-order valence-corrected chi connectivity index (χ3v) is 5.54. The quantitative estimate of drug-likeness (QED) is 0.838. The van der Waals surface area contributed by atoms with Crippen LogP contribution >= 0.6 is 15.9 Å². The first-order valence-corrected chi connectivity index (χ1v) is 8.48. The number of aliphatic carboxylic acids is 1. The van der Waals surface area contributed by atoms with Gasteiger partial charge in [-0.3, -0.25) is 4.79 Å². The van der Waals surface area contributed by atoms with Gasteiger partial charge in [-0.1, -0.05) is 26.2 Å². The van der Waals surface area contributed by atoms with Crippen LogP contribution in [-0.4, -0.2) is 25.3 Å². The molecule has 1 saturated carbocycles. The second kappa shape index (κ2) is 6.90. The fourth-order valence-electron chi connectivity index (χ4n) is 3.52. The Kier molecular flexibility index (Phi) is 5.37. The Morgan fingerprint density at radius 1 is 1.27 bits per heavy atom. The molecule has 22 heavy (non-hydrogen) atoms. The van der Waals surface area contributed by atoms with Gasteiger partial charge in [0.25, 0.3) is 0 Å². The van der Waals surface area contributed by atoms with Gasteiger partial charge in [0.15, 0.2) is 11.5 Å². The summed E-state index contributed by atoms with van der Waals surface area (Å²) in [5, 5.41) is 9.96. The van der Waals surface area contributed by atoms with Crippen molar-refractivity contribution in [1.82, 2.24) is 0 Å². The minimum absolute atomic E-state index is 0.577. The molecule has 1 fully saturated rings. The van der Waals surface area contributed by atoms with Gasteiger partial charge in [0.2, 0.25) is 0 Å². The summed E-state index contributed by atoms with van der Waals surface area (Å²) in [6.07, 6.45) is 5.09. The van der Waals surface area contributed by atoms with Gasteiger partial charge in [-0.15, -0.1) is 0 Å². The van der Waals surface area contributed by atoms with E-state index in [-0.39, 0.29) is 0 Å². The highest BCUT2D eigenvalue weighted by molar-refractivity contribution is 9.10. The number of carboxylic acids is 1. The number of carbonyl (C=O) groups is 1. The van der Waals surface area contributed by atoms with Crippen molar-refractivity contribution in [2.45, 2.75) is 50.9 Å². The molecule has 0 saturated heterocycles. The molecule has 1 aliphatic rings. The molecule has 0 amide bonds. The number of hydrogen-bond acceptors (Lipinski definition) is 3. The summed E-state index contributed by atoms with van der Waals surface area (Å²) in [6, 6.07) is 1.86. The molecule has 0 bridgehead atoms. The van der Waals surface area contributed by atoms with Gasteiger partial charge >= 0.3 is 5.97 Å². The van der Waals surface area contributed by atoms with E-state index in [1.165, 1.54) is 0 Å². The lowest BCUT2D eigenvalue weighted by atomic mass is 9.68. The molecule has 0 atom stereocenters. The van der Waals surface area contributed by atoms with Crippen LogP contribution in [0.4, 0.5) is 0 Å². The summed E-state index contributed by atoms with van der Waals surface area (Å²) in [5.74, 6) is 0.466. The fraction of sp³-hybridized carbons (Fsp3) is 0.588. The molecule has 1 aliphatic carbocycles. The molecule has 0 radical (unpaired) electrons. The van der Waals surface area contributed by atoms with Gasteiger partial charge in [0.05, 0.1) is 24.1 Å². The smallest absolute Gasteiger partial charge is 0.314 e. The third-order valence-electron chi connectivity index (χ3n) is 4.70. The Bertz CT molecular complexity index is 562. The van der Waals surface area contributed by atoms with Gasteiger partial charge in [0, 0.05) is 0 Å². The number of carboxylic acid groups (broad SMARTS) is 1. The summed E-state index contributed by atoms with van der Waals surface area (Å²) in [6.45, 7) is 2.04. The standard InChI is InChI=1S/C17H23BrO4/c1-4-11-12(10-13(21-2)15(22-3)14(11)18)17(16(19)20)8-6-5-7-9-17/h10H,4-9H2,1-3H3,(H,19,20). The Labute approximate surface area is 139 Å². The van der Waals surface area contributed by atoms with Gasteiger partial charge in [-0.25, -0.2) is 0 Å². The number of halogens is 1. The monoisotopic (exact) mass is 370 g/mol. The lowest BCUT2D eigenvalue weighted by Gasteiger charge is -2.36. The van der Waals surface area contributed by atoms with E-state index in [9.17, 15) is 9.90 Å². The zero-order chi connectivity index (χ0) is 16.3. The summed E-state index contributed by atoms with van der Waals surface area (Å²) in [5.41, 5.74) is 1.06. The van der Waals surface area contributed by atoms with Crippen LogP contribution in [0.15, 0.2) is 10.5 Å². The van der Waals surface area contributed by atoms with Crippen LogP contribution in [0.25, 0.3) is 0 Å². The molecule has 0 aliphatic heterocycles. The average molecular weight is 371 g/mol. The van der Waals surface area contributed by atoms with Crippen molar-refractivity contribution in [1.29, 1.82) is 0 Å². The van der Waals surface area contributed by atoms with Crippen LogP contribution in [-0.2, 0) is 16.6 Å². The van der Waals surface area contributed by atoms with E-state index in [1.54, 1.807) is 14.2 Å². The second-order valence-corrected chi connectivity index (χ2v) is 6.55. The molecule has 2 rings (SSSR count). The predicted octanol–water partition coefficient (Wildman–Crippen LogP) is 4.32. The Balaban J connectivity index is 2.71. The fourth-order valence-corrected chi connectivity index (χ4v) is 4.37. The van der Waals surface area contributed by atoms with Crippen LogP contribution in [0.5, 0.6) is 11.5 Å². The van der Waals surface area contributed by atoms with Crippen LogP contribution in [0.3, 0.4) is 0 Å². The van der Waals surface area contributed by atoms with Crippen molar-refractivity contribution in [3.8, 4) is 11.5 Å². The number of benzene rings is 1. The number of hydrogen-bond donors (Lipinski definition) is 1. The maximum absolute atomic E-state index is 12.1. The van der Waals surface area contributed by atoms with E-state index in [4.69, 9.17) is 9.47 Å². The van der Waals surface area contributed by atoms with Gasteiger partial charge in [0.1, 0.15) is 0 Å². The molecule has 0 unspecified atom stereocenters. The number of methoxy groups -OCH3 is 2. The lowest BCUT2D eigenvalue weighted by molar-refractivity contribution is -0.145. The topological polar surface area (TPSA) is 55.8 Å². The number of ether oxygens (including phenoxy) is 2. The van der Waals surface area contributed by atoms with Gasteiger partial charge in [-0.2, -0.15) is 0 Å². The van der Waals surface area contributed by atoms with Gasteiger partial charge in [-0.05, 0) is 52.4 Å². The van der Waals surface area contributed by atoms with E-state index in [1.807, 2.05) is 13.0 Å². The first kappa shape index (κ1) is 17.1. The predicted molar refractivity (Wildman–Crippen MR) is 89.0 cm³/mol. The van der Waals surface area contributed by atoms with E-state index < -0.39 is 11.4 Å². The number of rotatable bonds is 5. The van der Waals surface area contributed by atoms with Crippen molar-refractivity contribution in [2.75, 3.05) is 14.2 Å². The molecule has 1 aromatic rings. The second-order valence-electron chi connectivity index (χ2n) is 5.75. The maximum Gasteiger partial charge on any atom is 0.314 e. The summed E-state index contributed by atoms with van der Waals surface area (Å²) in [7, 11) is 3.17. The van der Waals surface area contributed by atoms with E-state index in [2.05, 4.69) is 15.9 Å². The average Bonchev–Trinajstić information content (AvgIpc) is 2.54. The molecule has 122 valence electrons. The van der Waals surface area contributed by atoms with Crippen molar-refractivity contribution in [3.05, 3.63) is 21.7 Å². The van der Waals surface area contributed by atoms with Crippen LogP contribution in [0.2, 0.25) is 0 Å². The minimum Gasteiger partial charge on any atom is -0.493 e. The van der Waals surface area contributed by atoms with Crippen LogP contribution in [0, 0.1) is 0 Å². The first-order valence-electron chi connectivity index (χ1n) is 7.69. The third kappa shape index (κ3) is 2.71. The summed E-state index contributed by atoms with van der Waals surface area (Å²) < 4.78 is 11.7. The molecule has 1 N–H and O–H groups in total. The molecule has 0 heterocycles. The molecule has 0 aromatic heterocycles. The van der Waals surface area contributed by atoms with Crippen molar-refractivity contribution < 1.29 is 19.4 Å².